The lowest BCUT2D eigenvalue weighted by Crippen LogP contribution is -2.45. The highest BCUT2D eigenvalue weighted by atomic mass is 19.1. The van der Waals surface area contributed by atoms with Crippen LogP contribution >= 0.6 is 0 Å². The minimum Gasteiger partial charge on any atom is -0.497 e. The summed E-state index contributed by atoms with van der Waals surface area (Å²) in [5.41, 5.74) is 1.25. The molecule has 1 aliphatic rings. The van der Waals surface area contributed by atoms with E-state index in [4.69, 9.17) is 4.74 Å². The molecule has 0 radical (unpaired) electrons. The molecule has 2 aromatic carbocycles. The molecule has 2 aromatic rings. The van der Waals surface area contributed by atoms with E-state index in [1.54, 1.807) is 25.3 Å². The molecule has 0 fully saturated rings. The number of fused-ring (bicyclic) bond motifs is 1. The maximum Gasteiger partial charge on any atom is 0.224 e. The Hall–Kier alpha value is -3.42. The maximum atomic E-state index is 14.1. The second-order valence-electron chi connectivity index (χ2n) is 11.9. The highest BCUT2D eigenvalue weighted by Gasteiger charge is 2.33. The Morgan fingerprint density at radius 1 is 1.00 bits per heavy atom. The Labute approximate surface area is 241 Å². The summed E-state index contributed by atoms with van der Waals surface area (Å²) < 4.78 is 33.5. The van der Waals surface area contributed by atoms with E-state index < -0.39 is 23.6 Å². The standard InChI is InChI=1S/C33H41F2NO5/c1-19(2)13-22(16-23(37)15-21-17-32(39)25-10-9-24(41-5)18-27(21)25)33(40)36-30(14-20(3)4)31(38)12-11-26-28(34)7-6-8-29(26)35/h6-10,18-22,30H,11-17H2,1-5H3,(H,36,40)/t21?,22?,30-/m1/s1. The number of carbonyl (C=O) groups is 4. The number of benzene rings is 2. The lowest BCUT2D eigenvalue weighted by atomic mass is 9.87. The van der Waals surface area contributed by atoms with Gasteiger partial charge in [0.15, 0.2) is 11.6 Å². The topological polar surface area (TPSA) is 89.5 Å². The lowest BCUT2D eigenvalue weighted by molar-refractivity contribution is -0.133. The van der Waals surface area contributed by atoms with E-state index in [1.165, 1.54) is 6.07 Å². The number of hydrogen-bond acceptors (Lipinski definition) is 5. The van der Waals surface area contributed by atoms with Crippen molar-refractivity contribution in [1.82, 2.24) is 5.32 Å². The molecule has 0 saturated carbocycles. The van der Waals surface area contributed by atoms with E-state index in [2.05, 4.69) is 5.32 Å². The van der Waals surface area contributed by atoms with Crippen molar-refractivity contribution in [2.24, 2.45) is 17.8 Å². The monoisotopic (exact) mass is 569 g/mol. The van der Waals surface area contributed by atoms with Crippen molar-refractivity contribution < 1.29 is 32.7 Å². The largest absolute Gasteiger partial charge is 0.497 e. The zero-order valence-corrected chi connectivity index (χ0v) is 24.6. The van der Waals surface area contributed by atoms with E-state index in [9.17, 15) is 28.0 Å². The van der Waals surface area contributed by atoms with E-state index in [0.29, 0.717) is 24.2 Å². The average molecular weight is 570 g/mol. The first-order chi connectivity index (χ1) is 19.4. The van der Waals surface area contributed by atoms with Gasteiger partial charge in [-0.3, -0.25) is 19.2 Å². The molecular weight excluding hydrogens is 528 g/mol. The molecule has 0 bridgehead atoms. The van der Waals surface area contributed by atoms with Crippen LogP contribution in [0.5, 0.6) is 5.75 Å². The van der Waals surface area contributed by atoms with Crippen molar-refractivity contribution >= 4 is 23.3 Å². The summed E-state index contributed by atoms with van der Waals surface area (Å²) in [6.07, 6.45) is 0.963. The fourth-order valence-electron chi connectivity index (χ4n) is 5.60. The first-order valence-corrected chi connectivity index (χ1v) is 14.4. The molecule has 3 rings (SSSR count). The number of amides is 1. The van der Waals surface area contributed by atoms with Gasteiger partial charge in [-0.15, -0.1) is 0 Å². The quantitative estimate of drug-likeness (QED) is 0.269. The van der Waals surface area contributed by atoms with Gasteiger partial charge in [0, 0.05) is 42.7 Å². The molecule has 0 spiro atoms. The fraction of sp³-hybridized carbons (Fsp3) is 0.515. The zero-order chi connectivity index (χ0) is 30.3. The van der Waals surface area contributed by atoms with Crippen LogP contribution in [0.1, 0.15) is 93.6 Å². The van der Waals surface area contributed by atoms with E-state index in [-0.39, 0.29) is 78.7 Å². The van der Waals surface area contributed by atoms with Crippen molar-refractivity contribution in [2.75, 3.05) is 7.11 Å². The zero-order valence-electron chi connectivity index (χ0n) is 24.6. The second kappa shape index (κ2) is 14.5. The van der Waals surface area contributed by atoms with Crippen molar-refractivity contribution in [3.05, 3.63) is 64.7 Å². The van der Waals surface area contributed by atoms with Gasteiger partial charge in [-0.1, -0.05) is 33.8 Å². The van der Waals surface area contributed by atoms with Gasteiger partial charge >= 0.3 is 0 Å². The number of carbonyl (C=O) groups excluding carboxylic acids is 4. The molecule has 222 valence electrons. The van der Waals surface area contributed by atoms with Crippen molar-refractivity contribution in [2.45, 2.75) is 84.6 Å². The first-order valence-electron chi connectivity index (χ1n) is 14.4. The third kappa shape index (κ3) is 8.78. The Morgan fingerprint density at radius 2 is 1.66 bits per heavy atom. The predicted octanol–water partition coefficient (Wildman–Crippen LogP) is 6.39. The normalized spacial score (nSPS) is 16.0. The Kier molecular flexibility index (Phi) is 11.3. The molecule has 0 aromatic heterocycles. The third-order valence-corrected chi connectivity index (χ3v) is 7.60. The van der Waals surface area contributed by atoms with Gasteiger partial charge in [0.05, 0.1) is 13.2 Å². The van der Waals surface area contributed by atoms with Crippen LogP contribution in [-0.4, -0.2) is 36.4 Å². The van der Waals surface area contributed by atoms with Crippen molar-refractivity contribution in [1.29, 1.82) is 0 Å². The predicted molar refractivity (Wildman–Crippen MR) is 153 cm³/mol. The van der Waals surface area contributed by atoms with Crippen LogP contribution in [0.25, 0.3) is 0 Å². The third-order valence-electron chi connectivity index (χ3n) is 7.60. The minimum absolute atomic E-state index is 0.00294. The minimum atomic E-state index is -0.825. The van der Waals surface area contributed by atoms with Gasteiger partial charge in [0.25, 0.3) is 0 Å². The van der Waals surface area contributed by atoms with Crippen LogP contribution in [0.4, 0.5) is 8.78 Å². The van der Waals surface area contributed by atoms with Gasteiger partial charge in [-0.25, -0.2) is 8.78 Å². The number of halogens is 2. The van der Waals surface area contributed by atoms with Crippen LogP contribution in [0.2, 0.25) is 0 Å². The number of ketones is 3. The lowest BCUT2D eigenvalue weighted by Gasteiger charge is -2.24. The van der Waals surface area contributed by atoms with Crippen LogP contribution in [0.15, 0.2) is 36.4 Å². The SMILES string of the molecule is COc1ccc2c(c1)C(CC(=O)CC(CC(C)C)C(=O)N[C@H](CC(C)C)C(=O)CCc1c(F)cccc1F)CC2=O. The van der Waals surface area contributed by atoms with Gasteiger partial charge in [0.2, 0.25) is 5.91 Å². The summed E-state index contributed by atoms with van der Waals surface area (Å²) in [6.45, 7) is 7.77. The molecule has 0 saturated heterocycles. The summed E-state index contributed by atoms with van der Waals surface area (Å²) in [6, 6.07) is 8.00. The molecule has 8 heteroatoms. The van der Waals surface area contributed by atoms with Gasteiger partial charge in [-0.05, 0) is 72.9 Å². The highest BCUT2D eigenvalue weighted by molar-refractivity contribution is 6.02. The number of Topliss-reactive ketones (excluding diaryl/α,β-unsaturated/α-hetero) is 3. The Bertz CT molecular complexity index is 1250. The molecule has 3 atom stereocenters. The van der Waals surface area contributed by atoms with E-state index >= 15 is 0 Å². The molecule has 1 aliphatic carbocycles. The van der Waals surface area contributed by atoms with Gasteiger partial charge in [0.1, 0.15) is 23.2 Å². The van der Waals surface area contributed by atoms with Crippen LogP contribution in [-0.2, 0) is 20.8 Å². The number of methoxy groups -OCH3 is 1. The second-order valence-corrected chi connectivity index (χ2v) is 11.9. The molecule has 41 heavy (non-hydrogen) atoms. The summed E-state index contributed by atoms with van der Waals surface area (Å²) >= 11 is 0. The number of rotatable bonds is 15. The number of hydrogen-bond donors (Lipinski definition) is 1. The molecular formula is C33H41F2NO5. The van der Waals surface area contributed by atoms with Gasteiger partial charge < -0.3 is 10.1 Å². The summed E-state index contributed by atoms with van der Waals surface area (Å²) in [5.74, 6) is -2.32. The van der Waals surface area contributed by atoms with Crippen LogP contribution < -0.4 is 10.1 Å². The molecule has 0 heterocycles. The van der Waals surface area contributed by atoms with Crippen molar-refractivity contribution in [3.63, 3.8) is 0 Å². The number of nitrogens with one attached hydrogen (secondary N) is 1. The number of ether oxygens (including phenoxy) is 1. The van der Waals surface area contributed by atoms with Gasteiger partial charge in [-0.2, -0.15) is 0 Å². The molecule has 6 nitrogen and oxygen atoms in total. The highest BCUT2D eigenvalue weighted by Crippen LogP contribution is 2.38. The average Bonchev–Trinajstić information content (AvgIpc) is 3.20. The fourth-order valence-corrected chi connectivity index (χ4v) is 5.60. The molecule has 2 unspecified atom stereocenters. The van der Waals surface area contributed by atoms with E-state index in [1.807, 2.05) is 27.7 Å². The molecule has 1 N–H and O–H groups in total. The maximum absolute atomic E-state index is 14.1. The Balaban J connectivity index is 1.69. The van der Waals surface area contributed by atoms with E-state index in [0.717, 1.165) is 17.7 Å². The first kappa shape index (κ1) is 32.1. The summed E-state index contributed by atoms with van der Waals surface area (Å²) in [7, 11) is 1.54. The van der Waals surface area contributed by atoms with Crippen LogP contribution in [0, 0.1) is 29.4 Å². The summed E-state index contributed by atoms with van der Waals surface area (Å²) in [5, 5.41) is 2.86. The summed E-state index contributed by atoms with van der Waals surface area (Å²) in [4.78, 5) is 52.3. The molecule has 0 aliphatic heterocycles. The Morgan fingerprint density at radius 3 is 2.27 bits per heavy atom. The van der Waals surface area contributed by atoms with Crippen LogP contribution in [0.3, 0.4) is 0 Å². The smallest absolute Gasteiger partial charge is 0.224 e. The van der Waals surface area contributed by atoms with Crippen molar-refractivity contribution in [3.8, 4) is 5.75 Å². The molecule has 1 amide bonds.